The van der Waals surface area contributed by atoms with Gasteiger partial charge in [-0.25, -0.2) is 9.78 Å². The maximum atomic E-state index is 12.4. The number of hydrogen-bond acceptors (Lipinski definition) is 4. The van der Waals surface area contributed by atoms with E-state index in [-0.39, 0.29) is 6.03 Å². The van der Waals surface area contributed by atoms with Crippen LogP contribution in [0.1, 0.15) is 12.6 Å². The zero-order valence-corrected chi connectivity index (χ0v) is 13.3. The molecule has 0 saturated carbocycles. The van der Waals surface area contributed by atoms with Gasteiger partial charge in [0.15, 0.2) is 0 Å². The number of pyridine rings is 1. The van der Waals surface area contributed by atoms with Crippen molar-refractivity contribution in [2.75, 3.05) is 44.7 Å². The molecule has 0 aliphatic carbocycles. The highest BCUT2D eigenvalue weighted by atomic mass is 16.5. The SMILES string of the molecule is Cc1cccc(NC(=O)N2CC(C)C(N3CCOCC3)C2)n1. The molecule has 2 aliphatic rings. The highest BCUT2D eigenvalue weighted by Crippen LogP contribution is 2.23. The Bertz CT molecular complexity index is 531. The molecule has 0 aromatic carbocycles. The summed E-state index contributed by atoms with van der Waals surface area (Å²) in [5.74, 6) is 1.10. The molecule has 3 heterocycles. The van der Waals surface area contributed by atoms with Crippen molar-refractivity contribution in [1.29, 1.82) is 0 Å². The summed E-state index contributed by atoms with van der Waals surface area (Å²) in [5.41, 5.74) is 0.902. The third-order valence-corrected chi connectivity index (χ3v) is 4.50. The van der Waals surface area contributed by atoms with E-state index in [4.69, 9.17) is 4.74 Å². The van der Waals surface area contributed by atoms with Crippen molar-refractivity contribution < 1.29 is 9.53 Å². The van der Waals surface area contributed by atoms with Crippen molar-refractivity contribution in [2.45, 2.75) is 19.9 Å². The van der Waals surface area contributed by atoms with Crippen LogP contribution in [0.15, 0.2) is 18.2 Å². The van der Waals surface area contributed by atoms with Gasteiger partial charge in [0.2, 0.25) is 0 Å². The maximum Gasteiger partial charge on any atom is 0.323 e. The Hall–Kier alpha value is -1.66. The number of carbonyl (C=O) groups excluding carboxylic acids is 1. The van der Waals surface area contributed by atoms with Crippen LogP contribution < -0.4 is 5.32 Å². The van der Waals surface area contributed by atoms with Crippen LogP contribution in [0.4, 0.5) is 10.6 Å². The first kappa shape index (κ1) is 15.2. The molecule has 6 nitrogen and oxygen atoms in total. The molecule has 0 spiro atoms. The molecule has 3 rings (SSSR count). The number of nitrogens with one attached hydrogen (secondary N) is 1. The van der Waals surface area contributed by atoms with Crippen LogP contribution in [0.3, 0.4) is 0 Å². The summed E-state index contributed by atoms with van der Waals surface area (Å²) < 4.78 is 5.42. The largest absolute Gasteiger partial charge is 0.379 e. The van der Waals surface area contributed by atoms with Gasteiger partial charge in [-0.2, -0.15) is 0 Å². The molecule has 2 unspecified atom stereocenters. The fourth-order valence-electron chi connectivity index (χ4n) is 3.30. The lowest BCUT2D eigenvalue weighted by atomic mass is 10.0. The molecule has 2 saturated heterocycles. The third kappa shape index (κ3) is 3.39. The minimum atomic E-state index is -0.0549. The summed E-state index contributed by atoms with van der Waals surface area (Å²) in [6.45, 7) is 9.22. The number of anilines is 1. The molecule has 2 aliphatic heterocycles. The smallest absolute Gasteiger partial charge is 0.323 e. The zero-order chi connectivity index (χ0) is 15.5. The number of amides is 2. The van der Waals surface area contributed by atoms with Crippen LogP contribution in [-0.4, -0.2) is 66.2 Å². The van der Waals surface area contributed by atoms with Gasteiger partial charge in [0, 0.05) is 37.9 Å². The van der Waals surface area contributed by atoms with E-state index in [9.17, 15) is 4.79 Å². The Morgan fingerprint density at radius 2 is 2.09 bits per heavy atom. The summed E-state index contributed by atoms with van der Waals surface area (Å²) in [4.78, 5) is 21.1. The number of nitrogens with zero attached hydrogens (tertiary/aromatic N) is 3. The topological polar surface area (TPSA) is 57.7 Å². The quantitative estimate of drug-likeness (QED) is 0.901. The van der Waals surface area contributed by atoms with Gasteiger partial charge in [0.05, 0.1) is 13.2 Å². The van der Waals surface area contributed by atoms with Gasteiger partial charge in [-0.05, 0) is 25.0 Å². The highest BCUT2D eigenvalue weighted by Gasteiger charge is 2.36. The van der Waals surface area contributed by atoms with Gasteiger partial charge in [0.1, 0.15) is 5.82 Å². The van der Waals surface area contributed by atoms with E-state index < -0.39 is 0 Å². The predicted octanol–water partition coefficient (Wildman–Crippen LogP) is 1.57. The minimum Gasteiger partial charge on any atom is -0.379 e. The Labute approximate surface area is 131 Å². The van der Waals surface area contributed by atoms with E-state index >= 15 is 0 Å². The number of urea groups is 1. The van der Waals surface area contributed by atoms with E-state index in [0.717, 1.165) is 45.1 Å². The maximum absolute atomic E-state index is 12.4. The van der Waals surface area contributed by atoms with Crippen molar-refractivity contribution in [3.8, 4) is 0 Å². The molecular weight excluding hydrogens is 280 g/mol. The zero-order valence-electron chi connectivity index (χ0n) is 13.3. The second-order valence-electron chi connectivity index (χ2n) is 6.19. The number of hydrogen-bond donors (Lipinski definition) is 1. The summed E-state index contributed by atoms with van der Waals surface area (Å²) in [6, 6.07) is 6.02. The molecule has 0 radical (unpaired) electrons. The third-order valence-electron chi connectivity index (χ3n) is 4.50. The average Bonchev–Trinajstić information content (AvgIpc) is 2.90. The highest BCUT2D eigenvalue weighted by molar-refractivity contribution is 5.88. The summed E-state index contributed by atoms with van der Waals surface area (Å²) in [6.07, 6.45) is 0. The van der Waals surface area contributed by atoms with Crippen LogP contribution >= 0.6 is 0 Å². The van der Waals surface area contributed by atoms with Gasteiger partial charge in [-0.3, -0.25) is 10.2 Å². The van der Waals surface area contributed by atoms with Crippen molar-refractivity contribution in [2.24, 2.45) is 5.92 Å². The van der Waals surface area contributed by atoms with Crippen LogP contribution in [0.5, 0.6) is 0 Å². The lowest BCUT2D eigenvalue weighted by Gasteiger charge is -2.33. The minimum absolute atomic E-state index is 0.0549. The fraction of sp³-hybridized carbons (Fsp3) is 0.625. The first-order chi connectivity index (χ1) is 10.6. The van der Waals surface area contributed by atoms with E-state index in [1.807, 2.05) is 30.0 Å². The molecule has 22 heavy (non-hydrogen) atoms. The van der Waals surface area contributed by atoms with Crippen molar-refractivity contribution in [1.82, 2.24) is 14.8 Å². The lowest BCUT2D eigenvalue weighted by Crippen LogP contribution is -2.47. The van der Waals surface area contributed by atoms with Gasteiger partial charge in [0.25, 0.3) is 0 Å². The van der Waals surface area contributed by atoms with Crippen LogP contribution in [0, 0.1) is 12.8 Å². The number of aryl methyl sites for hydroxylation is 1. The Balaban J connectivity index is 1.59. The molecule has 1 aromatic rings. The predicted molar refractivity (Wildman–Crippen MR) is 84.9 cm³/mol. The molecule has 2 amide bonds. The lowest BCUT2D eigenvalue weighted by molar-refractivity contribution is 0.0123. The number of rotatable bonds is 2. The van der Waals surface area contributed by atoms with Crippen molar-refractivity contribution in [3.63, 3.8) is 0 Å². The number of morpholine rings is 1. The summed E-state index contributed by atoms with van der Waals surface area (Å²) in [5, 5.41) is 2.90. The van der Waals surface area contributed by atoms with Crippen molar-refractivity contribution in [3.05, 3.63) is 23.9 Å². The second-order valence-corrected chi connectivity index (χ2v) is 6.19. The molecule has 2 fully saturated rings. The van der Waals surface area contributed by atoms with Crippen molar-refractivity contribution >= 4 is 11.8 Å². The number of ether oxygens (including phenoxy) is 1. The number of aromatic nitrogens is 1. The molecule has 6 heteroatoms. The summed E-state index contributed by atoms with van der Waals surface area (Å²) >= 11 is 0. The van der Waals surface area contributed by atoms with E-state index in [0.29, 0.717) is 17.8 Å². The molecule has 1 aromatic heterocycles. The van der Waals surface area contributed by atoms with Gasteiger partial charge in [-0.15, -0.1) is 0 Å². The summed E-state index contributed by atoms with van der Waals surface area (Å²) in [7, 11) is 0. The first-order valence-corrected chi connectivity index (χ1v) is 7.95. The van der Waals surface area contributed by atoms with Gasteiger partial charge in [-0.1, -0.05) is 13.0 Å². The second kappa shape index (κ2) is 6.62. The van der Waals surface area contributed by atoms with Gasteiger partial charge >= 0.3 is 6.03 Å². The van der Waals surface area contributed by atoms with E-state index in [2.05, 4.69) is 22.1 Å². The molecule has 0 bridgehead atoms. The number of likely N-dealkylation sites (tertiary alicyclic amines) is 1. The van der Waals surface area contributed by atoms with Gasteiger partial charge < -0.3 is 9.64 Å². The Morgan fingerprint density at radius 3 is 2.82 bits per heavy atom. The van der Waals surface area contributed by atoms with Crippen LogP contribution in [-0.2, 0) is 4.74 Å². The molecule has 2 atom stereocenters. The normalized spacial score (nSPS) is 26.2. The van der Waals surface area contributed by atoms with E-state index in [1.54, 1.807) is 0 Å². The first-order valence-electron chi connectivity index (χ1n) is 7.95. The molecular formula is C16H24N4O2. The monoisotopic (exact) mass is 304 g/mol. The fourth-order valence-corrected chi connectivity index (χ4v) is 3.30. The average molecular weight is 304 g/mol. The Morgan fingerprint density at radius 1 is 1.32 bits per heavy atom. The molecule has 120 valence electrons. The number of carbonyl (C=O) groups is 1. The Kier molecular flexibility index (Phi) is 4.59. The van der Waals surface area contributed by atoms with Crippen LogP contribution in [0.2, 0.25) is 0 Å². The molecule has 1 N–H and O–H groups in total. The van der Waals surface area contributed by atoms with Crippen LogP contribution in [0.25, 0.3) is 0 Å². The van der Waals surface area contributed by atoms with E-state index in [1.165, 1.54) is 0 Å². The standard InChI is InChI=1S/C16H24N4O2/c1-12-10-20(11-14(12)19-6-8-22-9-7-19)16(21)18-15-5-3-4-13(2)17-15/h3-5,12,14H,6-11H2,1-2H3,(H,17,18,21).